The van der Waals surface area contributed by atoms with E-state index in [2.05, 4.69) is 14.4 Å². The van der Waals surface area contributed by atoms with Crippen LogP contribution in [-0.4, -0.2) is 36.2 Å². The summed E-state index contributed by atoms with van der Waals surface area (Å²) in [5.74, 6) is -0.101. The molecule has 2 aromatic rings. The van der Waals surface area contributed by atoms with Gasteiger partial charge in [-0.3, -0.25) is 9.59 Å². The molecule has 0 radical (unpaired) electrons. The van der Waals surface area contributed by atoms with Gasteiger partial charge >= 0.3 is 24.9 Å². The van der Waals surface area contributed by atoms with Crippen LogP contribution in [0.2, 0.25) is 0 Å². The molecule has 16 heteroatoms. The molecule has 0 aliphatic carbocycles. The second kappa shape index (κ2) is 19.6. The fourth-order valence-corrected chi connectivity index (χ4v) is 4.87. The van der Waals surface area contributed by atoms with Gasteiger partial charge in [-0.05, 0) is 77.6 Å². The third kappa shape index (κ3) is 20.4. The molecule has 2 N–H and O–H groups in total. The van der Waals surface area contributed by atoms with Gasteiger partial charge in [0.05, 0.1) is 12.2 Å². The first kappa shape index (κ1) is 38.5. The van der Waals surface area contributed by atoms with Crippen LogP contribution in [0.4, 0.5) is 0 Å². The first-order chi connectivity index (χ1) is 18.5. The van der Waals surface area contributed by atoms with Gasteiger partial charge in [-0.25, -0.2) is 19.1 Å². The second-order valence-corrected chi connectivity index (χ2v) is 15.5. The summed E-state index contributed by atoms with van der Waals surface area (Å²) in [6.45, 7) is 6.53. The Labute approximate surface area is 254 Å². The lowest BCUT2D eigenvalue weighted by molar-refractivity contribution is -0.149. The minimum Gasteiger partial charge on any atom is -0.462 e. The van der Waals surface area contributed by atoms with Crippen LogP contribution in [0.25, 0.3) is 0 Å². The maximum Gasteiger partial charge on any atom is 0.428 e. The zero-order chi connectivity index (χ0) is 30.9. The van der Waals surface area contributed by atoms with Crippen molar-refractivity contribution in [3.8, 4) is 11.5 Å². The minimum atomic E-state index is -3.65. The topological polar surface area (TPSA) is 129 Å². The number of hydrogen-bond acceptors (Lipinski definition) is 9. The molecule has 2 aromatic carbocycles. The Kier molecular flexibility index (Phi) is 18.9. The van der Waals surface area contributed by atoms with E-state index in [1.54, 1.807) is 95.3 Å². The van der Waals surface area contributed by atoms with E-state index in [9.17, 15) is 18.7 Å². The van der Waals surface area contributed by atoms with Crippen molar-refractivity contribution in [1.29, 1.82) is 0 Å². The van der Waals surface area contributed by atoms with Crippen LogP contribution in [0, 0.1) is 0 Å². The highest BCUT2D eigenvalue weighted by Crippen LogP contribution is 2.57. The second-order valence-electron chi connectivity index (χ2n) is 8.36. The van der Waals surface area contributed by atoms with E-state index in [-0.39, 0.29) is 18.2 Å². The molecule has 0 fully saturated rings. The summed E-state index contributed by atoms with van der Waals surface area (Å²) < 4.78 is 42.3. The van der Waals surface area contributed by atoms with Gasteiger partial charge in [0.25, 0.3) is 0 Å². The molecule has 0 aromatic heterocycles. The van der Waals surface area contributed by atoms with Crippen molar-refractivity contribution in [2.45, 2.75) is 65.8 Å². The predicted octanol–water partition coefficient (Wildman–Crippen LogP) is 8.06. The summed E-state index contributed by atoms with van der Waals surface area (Å²) in [6, 6.07) is 15.7. The number of halogens is 4. The van der Waals surface area contributed by atoms with Gasteiger partial charge in [-0.15, -0.1) is 0 Å². The standard InChI is InChI=1S/C12H17ClNO4P.C6H5Cl2O2P.C6H12ClNO2/c1-9(2)17-12(15)10(3)14-19(13,16)18-11-7-5-4-6-8-11;7-11(8,9)10-6-4-2-1-3-5-6;1-4(2)10-6(9)5(3)8-7/h4-10H,1-3H3,(H,14,16);1-5H;4-5,8H,1-3H3/t10-,19?;;5-/m0.0/s1. The lowest BCUT2D eigenvalue weighted by Crippen LogP contribution is -2.34. The Bertz CT molecular complexity index is 1110. The molecule has 0 saturated carbocycles. The Morgan fingerprint density at radius 1 is 0.675 bits per heavy atom. The fourth-order valence-electron chi connectivity index (χ4n) is 2.24. The van der Waals surface area contributed by atoms with E-state index in [4.69, 9.17) is 59.5 Å². The number of ether oxygens (including phenoxy) is 2. The van der Waals surface area contributed by atoms with Crippen LogP contribution in [0.5, 0.6) is 11.5 Å². The quantitative estimate of drug-likeness (QED) is 0.136. The zero-order valence-electron chi connectivity index (χ0n) is 22.8. The highest BCUT2D eigenvalue weighted by molar-refractivity contribution is 8.05. The van der Waals surface area contributed by atoms with Gasteiger partial charge in [-0.1, -0.05) is 36.4 Å². The molecule has 0 spiro atoms. The molecule has 10 nitrogen and oxygen atoms in total. The van der Waals surface area contributed by atoms with Crippen LogP contribution in [0.15, 0.2) is 60.7 Å². The third-order valence-electron chi connectivity index (χ3n) is 3.84. The van der Waals surface area contributed by atoms with Gasteiger partial charge in [0, 0.05) is 33.7 Å². The van der Waals surface area contributed by atoms with Crippen molar-refractivity contribution in [1.82, 2.24) is 9.92 Å². The molecular weight excluding hydrogens is 648 g/mol. The van der Waals surface area contributed by atoms with Gasteiger partial charge in [0.15, 0.2) is 0 Å². The van der Waals surface area contributed by atoms with Crippen LogP contribution in [0.1, 0.15) is 41.5 Å². The van der Waals surface area contributed by atoms with Crippen LogP contribution in [0.3, 0.4) is 0 Å². The van der Waals surface area contributed by atoms with Crippen LogP contribution >= 0.6 is 58.4 Å². The highest BCUT2D eigenvalue weighted by atomic mass is 35.9. The minimum absolute atomic E-state index is 0.0834. The van der Waals surface area contributed by atoms with Gasteiger partial charge in [-0.2, -0.15) is 0 Å². The summed E-state index contributed by atoms with van der Waals surface area (Å²) in [5, 5.41) is 2.43. The Morgan fingerprint density at radius 3 is 1.40 bits per heavy atom. The van der Waals surface area contributed by atoms with E-state index in [1.165, 1.54) is 6.92 Å². The summed E-state index contributed by atoms with van der Waals surface area (Å²) in [7, 11) is 0. The Hall–Kier alpha value is -1.48. The molecule has 1 unspecified atom stereocenters. The van der Waals surface area contributed by atoms with Crippen LogP contribution in [-0.2, 0) is 28.2 Å². The van der Waals surface area contributed by atoms with Gasteiger partial charge in [0.1, 0.15) is 23.6 Å². The average Bonchev–Trinajstić information content (AvgIpc) is 2.83. The maximum absolute atomic E-state index is 12.0. The summed E-state index contributed by atoms with van der Waals surface area (Å²) in [4.78, 5) is 24.6. The normalized spacial score (nSPS) is 13.8. The van der Waals surface area contributed by atoms with Crippen molar-refractivity contribution < 1.29 is 37.2 Å². The van der Waals surface area contributed by atoms with Gasteiger partial charge < -0.3 is 18.5 Å². The zero-order valence-corrected chi connectivity index (χ0v) is 27.6. The fraction of sp³-hybridized carbons (Fsp3) is 0.417. The van der Waals surface area contributed by atoms with E-state index >= 15 is 0 Å². The predicted molar refractivity (Wildman–Crippen MR) is 160 cm³/mol. The first-order valence-corrected chi connectivity index (χ1v) is 18.1. The van der Waals surface area contributed by atoms with Crippen LogP contribution < -0.4 is 19.0 Å². The van der Waals surface area contributed by atoms with Crippen molar-refractivity contribution >= 4 is 70.4 Å². The summed E-state index contributed by atoms with van der Waals surface area (Å²) in [5.41, 5.74) is 0. The smallest absolute Gasteiger partial charge is 0.428 e. The monoisotopic (exact) mass is 680 g/mol. The highest BCUT2D eigenvalue weighted by Gasteiger charge is 2.28. The van der Waals surface area contributed by atoms with Crippen molar-refractivity contribution in [2.24, 2.45) is 0 Å². The van der Waals surface area contributed by atoms with E-state index < -0.39 is 31.0 Å². The molecule has 0 aliphatic rings. The van der Waals surface area contributed by atoms with Crippen molar-refractivity contribution in [2.75, 3.05) is 0 Å². The van der Waals surface area contributed by atoms with E-state index in [0.29, 0.717) is 11.5 Å². The number of hydrogen-bond donors (Lipinski definition) is 2. The van der Waals surface area contributed by atoms with Gasteiger partial charge in [0.2, 0.25) is 0 Å². The molecule has 0 aliphatic heterocycles. The molecule has 0 heterocycles. The van der Waals surface area contributed by atoms with E-state index in [1.807, 2.05) is 0 Å². The molecule has 2 rings (SSSR count). The van der Waals surface area contributed by atoms with E-state index in [0.717, 1.165) is 0 Å². The third-order valence-corrected chi connectivity index (χ3v) is 6.65. The lowest BCUT2D eigenvalue weighted by atomic mass is 10.3. The number of esters is 2. The lowest BCUT2D eigenvalue weighted by Gasteiger charge is -2.19. The summed E-state index contributed by atoms with van der Waals surface area (Å²) in [6.07, 6.45) is -3.78. The first-order valence-electron chi connectivity index (χ1n) is 11.8. The molecule has 226 valence electrons. The Morgan fingerprint density at radius 2 is 1.05 bits per heavy atom. The molecule has 3 atom stereocenters. The molecular formula is C24H34Cl4N2O8P2. The van der Waals surface area contributed by atoms with Crippen molar-refractivity contribution in [3.63, 3.8) is 0 Å². The summed E-state index contributed by atoms with van der Waals surface area (Å²) >= 11 is 21.3. The number of para-hydroxylation sites is 2. The number of nitrogens with one attached hydrogen (secondary N) is 2. The average molecular weight is 682 g/mol. The number of carbonyl (C=O) groups excluding carboxylic acids is 2. The maximum atomic E-state index is 12.0. The largest absolute Gasteiger partial charge is 0.462 e. The number of rotatable bonds is 11. The molecule has 0 bridgehead atoms. The SMILES string of the molecule is CC(C)OC(=O)[C@H](C)NCl.CC(C)OC(=O)[C@H](C)NP(=O)(Cl)Oc1ccccc1.O=P(Cl)(Cl)Oc1ccccc1. The molecule has 0 saturated heterocycles. The molecule has 0 amide bonds. The van der Waals surface area contributed by atoms with Crippen molar-refractivity contribution in [3.05, 3.63) is 60.7 Å². The Balaban J connectivity index is 0.000000618. The number of carbonyl (C=O) groups is 2. The molecule has 40 heavy (non-hydrogen) atoms. The number of benzene rings is 2.